The largest absolute Gasteiger partial charge is 0.332 e. The molecule has 2 heterocycles. The monoisotopic (exact) mass is 222 g/mol. The lowest BCUT2D eigenvalue weighted by Crippen LogP contribution is -2.53. The van der Waals surface area contributed by atoms with E-state index in [0.29, 0.717) is 5.82 Å². The Kier molecular flexibility index (Phi) is 3.07. The Bertz CT molecular complexity index is 387. The van der Waals surface area contributed by atoms with Gasteiger partial charge in [-0.2, -0.15) is 0 Å². The van der Waals surface area contributed by atoms with Crippen molar-refractivity contribution in [1.82, 2.24) is 19.4 Å². The van der Waals surface area contributed by atoms with Gasteiger partial charge < -0.3 is 9.47 Å². The van der Waals surface area contributed by atoms with Crippen molar-refractivity contribution < 1.29 is 4.79 Å². The highest BCUT2D eigenvalue weighted by Gasteiger charge is 2.30. The summed E-state index contributed by atoms with van der Waals surface area (Å²) in [6.45, 7) is 2.72. The SMILES string of the molecule is CN1CCN(C)C(C(=O)c2nccn2C)C1. The number of imidazole rings is 1. The molecular formula is C11H18N4O. The molecule has 5 heteroatoms. The maximum atomic E-state index is 12.3. The summed E-state index contributed by atoms with van der Waals surface area (Å²) in [5, 5.41) is 0. The number of piperazine rings is 1. The summed E-state index contributed by atoms with van der Waals surface area (Å²) < 4.78 is 1.78. The Morgan fingerprint density at radius 2 is 2.12 bits per heavy atom. The Labute approximate surface area is 95.7 Å². The molecule has 1 unspecified atom stereocenters. The molecule has 88 valence electrons. The minimum atomic E-state index is -0.0696. The van der Waals surface area contributed by atoms with Crippen molar-refractivity contribution in [2.45, 2.75) is 6.04 Å². The average molecular weight is 222 g/mol. The van der Waals surface area contributed by atoms with Crippen molar-refractivity contribution >= 4 is 5.78 Å². The molecular weight excluding hydrogens is 204 g/mol. The molecule has 0 bridgehead atoms. The van der Waals surface area contributed by atoms with Gasteiger partial charge in [0.15, 0.2) is 5.82 Å². The van der Waals surface area contributed by atoms with Crippen molar-refractivity contribution in [3.05, 3.63) is 18.2 Å². The highest BCUT2D eigenvalue weighted by molar-refractivity contribution is 5.97. The van der Waals surface area contributed by atoms with E-state index in [2.05, 4.69) is 14.8 Å². The molecule has 0 saturated carbocycles. The standard InChI is InChI=1S/C11H18N4O/c1-13-6-7-14(2)9(8-13)10(16)11-12-4-5-15(11)3/h4-5,9H,6-8H2,1-3H3. The van der Waals surface area contributed by atoms with Crippen LogP contribution in [0.1, 0.15) is 10.6 Å². The molecule has 1 atom stereocenters. The van der Waals surface area contributed by atoms with Gasteiger partial charge in [-0.25, -0.2) is 4.98 Å². The number of likely N-dealkylation sites (N-methyl/N-ethyl adjacent to an activating group) is 2. The normalized spacial score (nSPS) is 23.6. The van der Waals surface area contributed by atoms with E-state index in [-0.39, 0.29) is 11.8 Å². The van der Waals surface area contributed by atoms with Crippen LogP contribution in [0, 0.1) is 0 Å². The molecule has 1 fully saturated rings. The van der Waals surface area contributed by atoms with Gasteiger partial charge in [-0.05, 0) is 14.1 Å². The molecule has 0 N–H and O–H groups in total. The highest BCUT2D eigenvalue weighted by Crippen LogP contribution is 2.11. The number of carbonyl (C=O) groups excluding carboxylic acids is 1. The number of aryl methyl sites for hydroxylation is 1. The molecule has 0 aromatic carbocycles. The quantitative estimate of drug-likeness (QED) is 0.653. The summed E-state index contributed by atoms with van der Waals surface area (Å²) in [5.41, 5.74) is 0. The summed E-state index contributed by atoms with van der Waals surface area (Å²) in [6, 6.07) is -0.0696. The fourth-order valence-electron chi connectivity index (χ4n) is 2.05. The molecule has 0 aliphatic carbocycles. The van der Waals surface area contributed by atoms with E-state index < -0.39 is 0 Å². The molecule has 1 aromatic rings. The van der Waals surface area contributed by atoms with Crippen LogP contribution in [0.15, 0.2) is 12.4 Å². The molecule has 1 aliphatic rings. The summed E-state index contributed by atoms with van der Waals surface area (Å²) in [6.07, 6.45) is 3.47. The van der Waals surface area contributed by atoms with Crippen LogP contribution in [0.2, 0.25) is 0 Å². The number of nitrogens with zero attached hydrogens (tertiary/aromatic N) is 4. The summed E-state index contributed by atoms with van der Waals surface area (Å²) in [4.78, 5) is 20.7. The number of carbonyl (C=O) groups is 1. The highest BCUT2D eigenvalue weighted by atomic mass is 16.1. The van der Waals surface area contributed by atoms with Crippen LogP contribution in [0.25, 0.3) is 0 Å². The number of ketones is 1. The fourth-order valence-corrected chi connectivity index (χ4v) is 2.05. The van der Waals surface area contributed by atoms with Gasteiger partial charge in [-0.1, -0.05) is 0 Å². The van der Waals surface area contributed by atoms with Crippen molar-refractivity contribution in [2.75, 3.05) is 33.7 Å². The smallest absolute Gasteiger partial charge is 0.216 e. The van der Waals surface area contributed by atoms with Gasteiger partial charge in [-0.15, -0.1) is 0 Å². The first kappa shape index (κ1) is 11.3. The zero-order valence-corrected chi connectivity index (χ0v) is 10.1. The molecule has 0 radical (unpaired) electrons. The number of aromatic nitrogens is 2. The summed E-state index contributed by atoms with van der Waals surface area (Å²) in [7, 11) is 5.90. The summed E-state index contributed by atoms with van der Waals surface area (Å²) >= 11 is 0. The molecule has 16 heavy (non-hydrogen) atoms. The minimum absolute atomic E-state index is 0.0696. The first-order valence-corrected chi connectivity index (χ1v) is 5.50. The van der Waals surface area contributed by atoms with E-state index in [1.165, 1.54) is 0 Å². The lowest BCUT2D eigenvalue weighted by Gasteiger charge is -2.36. The Morgan fingerprint density at radius 3 is 2.75 bits per heavy atom. The average Bonchev–Trinajstić information content (AvgIpc) is 2.67. The molecule has 1 aromatic heterocycles. The molecule has 1 saturated heterocycles. The number of hydrogen-bond donors (Lipinski definition) is 0. The Morgan fingerprint density at radius 1 is 1.38 bits per heavy atom. The van der Waals surface area contributed by atoms with E-state index in [0.717, 1.165) is 19.6 Å². The van der Waals surface area contributed by atoms with Gasteiger partial charge in [0.05, 0.1) is 6.04 Å². The van der Waals surface area contributed by atoms with Crippen LogP contribution >= 0.6 is 0 Å². The topological polar surface area (TPSA) is 41.4 Å². The number of rotatable bonds is 2. The van der Waals surface area contributed by atoms with Crippen LogP contribution in [-0.4, -0.2) is 64.9 Å². The van der Waals surface area contributed by atoms with Crippen LogP contribution in [0.3, 0.4) is 0 Å². The van der Waals surface area contributed by atoms with Crippen molar-refractivity contribution in [2.24, 2.45) is 7.05 Å². The van der Waals surface area contributed by atoms with E-state index >= 15 is 0 Å². The minimum Gasteiger partial charge on any atom is -0.332 e. The van der Waals surface area contributed by atoms with Gasteiger partial charge in [0, 0.05) is 39.1 Å². The van der Waals surface area contributed by atoms with E-state index in [1.54, 1.807) is 17.0 Å². The number of Topliss-reactive ketones (excluding diaryl/α,β-unsaturated/α-hetero) is 1. The van der Waals surface area contributed by atoms with E-state index in [9.17, 15) is 4.79 Å². The van der Waals surface area contributed by atoms with Gasteiger partial charge in [0.1, 0.15) is 0 Å². The van der Waals surface area contributed by atoms with Crippen LogP contribution in [-0.2, 0) is 7.05 Å². The molecule has 0 spiro atoms. The second-order valence-electron chi connectivity index (χ2n) is 4.48. The molecule has 0 amide bonds. The van der Waals surface area contributed by atoms with Crippen molar-refractivity contribution in [3.8, 4) is 0 Å². The molecule has 2 rings (SSSR count). The lowest BCUT2D eigenvalue weighted by molar-refractivity contribution is 0.0673. The molecule has 5 nitrogen and oxygen atoms in total. The zero-order chi connectivity index (χ0) is 11.7. The second-order valence-corrected chi connectivity index (χ2v) is 4.48. The van der Waals surface area contributed by atoms with Gasteiger partial charge in [0.2, 0.25) is 5.78 Å². The fraction of sp³-hybridized carbons (Fsp3) is 0.636. The second kappa shape index (κ2) is 4.35. The predicted octanol–water partition coefficient (Wildman–Crippen LogP) is -0.151. The van der Waals surface area contributed by atoms with Crippen LogP contribution < -0.4 is 0 Å². The lowest BCUT2D eigenvalue weighted by atomic mass is 10.1. The first-order chi connectivity index (χ1) is 7.59. The summed E-state index contributed by atoms with van der Waals surface area (Å²) in [5.74, 6) is 0.661. The van der Waals surface area contributed by atoms with E-state index in [4.69, 9.17) is 0 Å². The third-order valence-corrected chi connectivity index (χ3v) is 3.20. The zero-order valence-electron chi connectivity index (χ0n) is 10.1. The third kappa shape index (κ3) is 2.01. The van der Waals surface area contributed by atoms with Gasteiger partial charge in [-0.3, -0.25) is 9.69 Å². The Hall–Kier alpha value is -1.20. The van der Waals surface area contributed by atoms with E-state index in [1.807, 2.05) is 21.1 Å². The van der Waals surface area contributed by atoms with Gasteiger partial charge in [0.25, 0.3) is 0 Å². The maximum Gasteiger partial charge on any atom is 0.216 e. The van der Waals surface area contributed by atoms with Gasteiger partial charge >= 0.3 is 0 Å². The predicted molar refractivity (Wildman–Crippen MR) is 61.5 cm³/mol. The Balaban J connectivity index is 2.18. The first-order valence-electron chi connectivity index (χ1n) is 5.50. The maximum absolute atomic E-state index is 12.3. The van der Waals surface area contributed by atoms with Crippen molar-refractivity contribution in [1.29, 1.82) is 0 Å². The number of hydrogen-bond acceptors (Lipinski definition) is 4. The van der Waals surface area contributed by atoms with Crippen molar-refractivity contribution in [3.63, 3.8) is 0 Å². The van der Waals surface area contributed by atoms with Crippen LogP contribution in [0.5, 0.6) is 0 Å². The van der Waals surface area contributed by atoms with Crippen LogP contribution in [0.4, 0.5) is 0 Å². The molecule has 1 aliphatic heterocycles. The third-order valence-electron chi connectivity index (χ3n) is 3.20.